The van der Waals surface area contributed by atoms with E-state index in [0.717, 1.165) is 98.5 Å². The Labute approximate surface area is 282 Å². The second-order valence-electron chi connectivity index (χ2n) is 12.3. The first-order valence-electron chi connectivity index (χ1n) is 16.3. The fourth-order valence-electron chi connectivity index (χ4n) is 7.15. The van der Waals surface area contributed by atoms with Crippen molar-refractivity contribution in [1.29, 1.82) is 0 Å². The molecule has 0 amide bonds. The van der Waals surface area contributed by atoms with E-state index in [4.69, 9.17) is 19.9 Å². The first-order valence-corrected chi connectivity index (χ1v) is 16.3. The summed E-state index contributed by atoms with van der Waals surface area (Å²) in [5.41, 5.74) is 9.44. The first-order chi connectivity index (χ1) is 24.3. The molecule has 0 aliphatic heterocycles. The Morgan fingerprint density at radius 1 is 0.327 bits per heavy atom. The van der Waals surface area contributed by atoms with Gasteiger partial charge >= 0.3 is 283 Å². The van der Waals surface area contributed by atoms with Gasteiger partial charge < -0.3 is 0 Å². The van der Waals surface area contributed by atoms with E-state index in [1.165, 1.54) is 0 Å². The van der Waals surface area contributed by atoms with E-state index in [1.807, 2.05) is 49.1 Å². The van der Waals surface area contributed by atoms with Crippen LogP contribution in [0.15, 0.2) is 146 Å². The van der Waals surface area contributed by atoms with E-state index in [9.17, 15) is 0 Å². The van der Waals surface area contributed by atoms with Crippen LogP contribution in [0.3, 0.4) is 0 Å². The molecule has 7 heteroatoms. The average molecular weight is 622 g/mol. The summed E-state index contributed by atoms with van der Waals surface area (Å²) in [6.45, 7) is 0. The van der Waals surface area contributed by atoms with Crippen molar-refractivity contribution in [3.63, 3.8) is 0 Å². The Bertz CT molecular complexity index is 2740. The topological polar surface area (TPSA) is 77.3 Å². The van der Waals surface area contributed by atoms with Crippen molar-refractivity contribution in [2.75, 3.05) is 0 Å². The van der Waals surface area contributed by atoms with Crippen molar-refractivity contribution in [1.82, 2.24) is 29.9 Å². The predicted molar refractivity (Wildman–Crippen MR) is 201 cm³/mol. The van der Waals surface area contributed by atoms with Gasteiger partial charge in [-0.2, -0.15) is 0 Å². The van der Waals surface area contributed by atoms with E-state index < -0.39 is 0 Å². The van der Waals surface area contributed by atoms with E-state index in [0.29, 0.717) is 8.78 Å². The SMILES string of the molecule is [Be]([c]1ccc(-c2ccc3ccc4cccnc4c3n2)c2cccnc12)[c]1ccc(-c2ccc3ccc4cccnc4c3n2)c2cccnc12. The summed E-state index contributed by atoms with van der Waals surface area (Å²) in [5, 5.41) is 8.69. The van der Waals surface area contributed by atoms with Crippen LogP contribution >= 0.6 is 0 Å². The Hall–Kier alpha value is -6.49. The molecule has 0 radical (unpaired) electrons. The van der Waals surface area contributed by atoms with Gasteiger partial charge in [0.25, 0.3) is 0 Å². The average Bonchev–Trinajstić information content (AvgIpc) is 3.17. The van der Waals surface area contributed by atoms with Gasteiger partial charge in [-0.1, -0.05) is 0 Å². The summed E-state index contributed by atoms with van der Waals surface area (Å²) in [4.78, 5) is 29.4. The molecule has 10 aromatic rings. The molecule has 0 atom stereocenters. The van der Waals surface area contributed by atoms with Crippen LogP contribution in [0, 0.1) is 0 Å². The van der Waals surface area contributed by atoms with Crippen LogP contribution in [-0.4, -0.2) is 38.7 Å². The van der Waals surface area contributed by atoms with E-state index in [-0.39, 0.29) is 0 Å². The van der Waals surface area contributed by atoms with Crippen molar-refractivity contribution < 1.29 is 0 Å². The third kappa shape index (κ3) is 4.54. The summed E-state index contributed by atoms with van der Waals surface area (Å²) < 4.78 is 0. The van der Waals surface area contributed by atoms with Crippen LogP contribution in [-0.2, 0) is 0 Å². The number of hydrogen-bond acceptors (Lipinski definition) is 6. The second-order valence-corrected chi connectivity index (χ2v) is 12.3. The van der Waals surface area contributed by atoms with Crippen LogP contribution in [0.5, 0.6) is 0 Å². The van der Waals surface area contributed by atoms with Crippen molar-refractivity contribution in [2.24, 2.45) is 0 Å². The second kappa shape index (κ2) is 11.1. The molecule has 0 spiro atoms. The number of fused-ring (bicyclic) bond motifs is 8. The van der Waals surface area contributed by atoms with Gasteiger partial charge in [-0.3, -0.25) is 0 Å². The van der Waals surface area contributed by atoms with Crippen molar-refractivity contribution in [2.45, 2.75) is 0 Å². The van der Waals surface area contributed by atoms with Gasteiger partial charge in [0.2, 0.25) is 0 Å². The number of nitrogens with zero attached hydrogens (tertiary/aromatic N) is 6. The normalized spacial score (nSPS) is 11.6. The number of rotatable bonds is 4. The maximum absolute atomic E-state index is 5.14. The van der Waals surface area contributed by atoms with Gasteiger partial charge in [0.05, 0.1) is 0 Å². The molecule has 0 fully saturated rings. The molecule has 0 aliphatic rings. The standard InChI is InChI=1S/2C21H12N3.Be/c2*1-5-17(16-6-3-12-22-18(16)7-1)19-11-10-15-9-8-14-4-2-13-23-20(14)21(15)24-19;/h2*1-6,8-13H;. The molecule has 10 rings (SSSR count). The molecule has 0 aliphatic carbocycles. The molecule has 0 bridgehead atoms. The third-order valence-corrected chi connectivity index (χ3v) is 9.50. The quantitative estimate of drug-likeness (QED) is 0.147. The molecule has 6 aromatic heterocycles. The maximum atomic E-state index is 5.14. The molecule has 0 unspecified atom stereocenters. The number of pyridine rings is 6. The Morgan fingerprint density at radius 2 is 0.714 bits per heavy atom. The third-order valence-electron chi connectivity index (χ3n) is 9.50. The number of hydrogen-bond donors (Lipinski definition) is 0. The minimum absolute atomic E-state index is 0.682. The summed E-state index contributed by atoms with van der Waals surface area (Å²) in [6, 6.07) is 41.9. The molecule has 0 N–H and O–H groups in total. The Kier molecular flexibility index (Phi) is 6.23. The molecular weight excluding hydrogens is 598 g/mol. The van der Waals surface area contributed by atoms with Crippen LogP contribution in [0.25, 0.3) is 87.9 Å². The molecule has 0 saturated heterocycles. The van der Waals surface area contributed by atoms with Gasteiger partial charge in [0.1, 0.15) is 0 Å². The van der Waals surface area contributed by atoms with E-state index in [1.54, 1.807) is 0 Å². The van der Waals surface area contributed by atoms with Crippen LogP contribution in [0.2, 0.25) is 0 Å². The van der Waals surface area contributed by atoms with Crippen LogP contribution in [0.1, 0.15) is 0 Å². The molecule has 4 aromatic carbocycles. The van der Waals surface area contributed by atoms with Crippen LogP contribution < -0.4 is 10.6 Å². The number of aromatic nitrogens is 6. The van der Waals surface area contributed by atoms with Crippen molar-refractivity contribution in [3.8, 4) is 22.5 Å². The fourth-order valence-corrected chi connectivity index (χ4v) is 7.15. The molecular formula is C42H24BeN6. The number of benzene rings is 4. The van der Waals surface area contributed by atoms with Gasteiger partial charge in [0.15, 0.2) is 0 Å². The zero-order chi connectivity index (χ0) is 32.3. The van der Waals surface area contributed by atoms with E-state index >= 15 is 0 Å². The Balaban J connectivity index is 1.08. The zero-order valence-corrected chi connectivity index (χ0v) is 26.2. The molecule has 49 heavy (non-hydrogen) atoms. The monoisotopic (exact) mass is 621 g/mol. The van der Waals surface area contributed by atoms with Gasteiger partial charge in [-0.15, -0.1) is 0 Å². The summed E-state index contributed by atoms with van der Waals surface area (Å²) >= 11 is 0. The van der Waals surface area contributed by atoms with Crippen LogP contribution in [0.4, 0.5) is 0 Å². The van der Waals surface area contributed by atoms with E-state index in [2.05, 4.69) is 107 Å². The molecule has 224 valence electrons. The molecule has 6 heterocycles. The summed E-state index contributed by atoms with van der Waals surface area (Å²) in [7, 11) is 0.682. The van der Waals surface area contributed by atoms with Gasteiger partial charge in [-0.25, -0.2) is 0 Å². The minimum atomic E-state index is 0.682. The molecule has 6 nitrogen and oxygen atoms in total. The fraction of sp³-hybridized carbons (Fsp3) is 0. The summed E-state index contributed by atoms with van der Waals surface area (Å²) in [5.74, 6) is 0. The zero-order valence-electron chi connectivity index (χ0n) is 26.2. The molecule has 0 saturated carbocycles. The van der Waals surface area contributed by atoms with Crippen molar-refractivity contribution >= 4 is 84.8 Å². The summed E-state index contributed by atoms with van der Waals surface area (Å²) in [6.07, 6.45) is 7.38. The predicted octanol–water partition coefficient (Wildman–Crippen LogP) is 7.96. The Morgan fingerprint density at radius 3 is 1.18 bits per heavy atom. The van der Waals surface area contributed by atoms with Gasteiger partial charge in [0, 0.05) is 0 Å². The first kappa shape index (κ1) is 27.6. The van der Waals surface area contributed by atoms with Crippen molar-refractivity contribution in [3.05, 3.63) is 146 Å². The van der Waals surface area contributed by atoms with Gasteiger partial charge in [-0.05, 0) is 0 Å².